The molecule has 2 rings (SSSR count). The number of ether oxygens (including phenoxy) is 2. The highest BCUT2D eigenvalue weighted by Gasteiger charge is 2.15. The Morgan fingerprint density at radius 1 is 1.00 bits per heavy atom. The Balaban J connectivity index is 0.00000139. The minimum atomic E-state index is -0.142. The van der Waals surface area contributed by atoms with E-state index in [1.165, 1.54) is 13.3 Å². The van der Waals surface area contributed by atoms with Gasteiger partial charge < -0.3 is 9.47 Å². The van der Waals surface area contributed by atoms with Gasteiger partial charge in [-0.05, 0) is 24.3 Å². The molecule has 0 unspecified atom stereocenters. The molecule has 1 aromatic heterocycles. The van der Waals surface area contributed by atoms with Gasteiger partial charge in [0.15, 0.2) is 11.6 Å². The molecule has 0 N–H and O–H groups in total. The second-order valence-corrected chi connectivity index (χ2v) is 4.65. The molecule has 24 heavy (non-hydrogen) atoms. The summed E-state index contributed by atoms with van der Waals surface area (Å²) in [6.45, 7) is 4.00. The molecule has 0 aliphatic carbocycles. The van der Waals surface area contributed by atoms with Crippen molar-refractivity contribution < 1.29 is 19.1 Å². The summed E-state index contributed by atoms with van der Waals surface area (Å²) >= 11 is 0. The number of carbonyl (C=O) groups is 2. The summed E-state index contributed by atoms with van der Waals surface area (Å²) < 4.78 is 10.3. The van der Waals surface area contributed by atoms with Crippen LogP contribution >= 0.6 is 0 Å². The van der Waals surface area contributed by atoms with E-state index >= 15 is 0 Å². The van der Waals surface area contributed by atoms with Gasteiger partial charge in [0.05, 0.1) is 19.8 Å². The van der Waals surface area contributed by atoms with Crippen molar-refractivity contribution in [3.63, 3.8) is 0 Å². The van der Waals surface area contributed by atoms with Crippen molar-refractivity contribution in [2.24, 2.45) is 0 Å². The van der Waals surface area contributed by atoms with E-state index < -0.39 is 0 Å². The van der Waals surface area contributed by atoms with Crippen LogP contribution < -0.4 is 9.47 Å². The number of nitrogens with zero attached hydrogens (tertiary/aromatic N) is 1. The zero-order valence-electron chi connectivity index (χ0n) is 14.5. The minimum Gasteiger partial charge on any atom is -0.497 e. The molecule has 0 saturated carbocycles. The molecule has 0 bridgehead atoms. The predicted octanol–water partition coefficient (Wildman–Crippen LogP) is 3.97. The van der Waals surface area contributed by atoms with Crippen molar-refractivity contribution >= 4 is 11.6 Å². The van der Waals surface area contributed by atoms with Gasteiger partial charge in [0.1, 0.15) is 11.5 Å². The Kier molecular flexibility index (Phi) is 8.19. The van der Waals surface area contributed by atoms with E-state index in [4.69, 9.17) is 9.47 Å². The number of ketones is 2. The lowest BCUT2D eigenvalue weighted by Crippen LogP contribution is -2.07. The second kappa shape index (κ2) is 10.2. The van der Waals surface area contributed by atoms with Crippen LogP contribution in [0.25, 0.3) is 0 Å². The number of carbonyl (C=O) groups excluding carboxylic acids is 2. The van der Waals surface area contributed by atoms with Crippen molar-refractivity contribution in [1.29, 1.82) is 0 Å². The zero-order chi connectivity index (χ0) is 17.9. The molecule has 5 heteroatoms. The fourth-order valence-corrected chi connectivity index (χ4v) is 2.06. The van der Waals surface area contributed by atoms with Crippen LogP contribution in [-0.2, 0) is 0 Å². The van der Waals surface area contributed by atoms with Crippen molar-refractivity contribution in [3.05, 3.63) is 53.9 Å². The van der Waals surface area contributed by atoms with Crippen LogP contribution in [0.3, 0.4) is 0 Å². The molecule has 0 fully saturated rings. The average molecular weight is 329 g/mol. The molecule has 5 nitrogen and oxygen atoms in total. The van der Waals surface area contributed by atoms with E-state index in [-0.39, 0.29) is 24.4 Å². The maximum atomic E-state index is 12.3. The first-order valence-electron chi connectivity index (χ1n) is 7.84. The number of aromatic nitrogens is 1. The monoisotopic (exact) mass is 329 g/mol. The Labute approximate surface area is 142 Å². The summed E-state index contributed by atoms with van der Waals surface area (Å²) in [5.41, 5.74) is 0.958. The predicted molar refractivity (Wildman–Crippen MR) is 93.0 cm³/mol. The van der Waals surface area contributed by atoms with Crippen molar-refractivity contribution in [3.8, 4) is 11.5 Å². The largest absolute Gasteiger partial charge is 0.497 e. The second-order valence-electron chi connectivity index (χ2n) is 4.65. The molecule has 0 radical (unpaired) electrons. The topological polar surface area (TPSA) is 65.5 Å². The summed E-state index contributed by atoms with van der Waals surface area (Å²) in [6.07, 6.45) is 3.36. The Morgan fingerprint density at radius 2 is 1.71 bits per heavy atom. The highest BCUT2D eigenvalue weighted by atomic mass is 16.5. The fourth-order valence-electron chi connectivity index (χ4n) is 2.06. The van der Waals surface area contributed by atoms with Crippen LogP contribution in [-0.4, -0.2) is 30.8 Å². The molecule has 0 spiro atoms. The van der Waals surface area contributed by atoms with E-state index in [9.17, 15) is 9.59 Å². The van der Waals surface area contributed by atoms with Gasteiger partial charge in [0.2, 0.25) is 0 Å². The molecular weight excluding hydrogens is 306 g/mol. The molecular formula is C19H23NO4. The van der Waals surface area contributed by atoms with Gasteiger partial charge in [-0.1, -0.05) is 13.8 Å². The molecule has 0 amide bonds. The van der Waals surface area contributed by atoms with Gasteiger partial charge in [0, 0.05) is 36.9 Å². The average Bonchev–Trinajstić information content (AvgIpc) is 2.67. The minimum absolute atomic E-state index is 0.103. The smallest absolute Gasteiger partial charge is 0.167 e. The van der Waals surface area contributed by atoms with Gasteiger partial charge in [-0.25, -0.2) is 0 Å². The first-order chi connectivity index (χ1) is 11.7. The van der Waals surface area contributed by atoms with E-state index in [1.807, 2.05) is 13.8 Å². The van der Waals surface area contributed by atoms with Gasteiger partial charge >= 0.3 is 0 Å². The lowest BCUT2D eigenvalue weighted by Gasteiger charge is -2.09. The van der Waals surface area contributed by atoms with Gasteiger partial charge in [0.25, 0.3) is 0 Å². The Bertz CT molecular complexity index is 668. The Hall–Kier alpha value is -2.69. The normalized spacial score (nSPS) is 9.50. The third-order valence-corrected chi connectivity index (χ3v) is 3.27. The van der Waals surface area contributed by atoms with Crippen molar-refractivity contribution in [2.75, 3.05) is 14.2 Å². The summed E-state index contributed by atoms with van der Waals surface area (Å²) in [4.78, 5) is 28.2. The number of rotatable bonds is 7. The third kappa shape index (κ3) is 5.19. The van der Waals surface area contributed by atoms with Crippen molar-refractivity contribution in [1.82, 2.24) is 4.98 Å². The Morgan fingerprint density at radius 3 is 2.29 bits per heavy atom. The summed E-state index contributed by atoms with van der Waals surface area (Å²) in [5.74, 6) is 0.809. The van der Waals surface area contributed by atoms with Crippen LogP contribution in [0, 0.1) is 0 Å². The van der Waals surface area contributed by atoms with Crippen LogP contribution in [0.4, 0.5) is 0 Å². The molecule has 2 aromatic rings. The summed E-state index contributed by atoms with van der Waals surface area (Å²) in [6, 6.07) is 8.37. The molecule has 0 aliphatic rings. The summed E-state index contributed by atoms with van der Waals surface area (Å²) in [5, 5.41) is 0. The number of methoxy groups -OCH3 is 2. The molecule has 1 heterocycles. The van der Waals surface area contributed by atoms with E-state index in [1.54, 1.807) is 43.6 Å². The van der Waals surface area contributed by atoms with Crippen molar-refractivity contribution in [2.45, 2.75) is 26.7 Å². The molecule has 128 valence electrons. The van der Waals surface area contributed by atoms with Gasteiger partial charge in [-0.3, -0.25) is 14.6 Å². The number of hydrogen-bond acceptors (Lipinski definition) is 5. The van der Waals surface area contributed by atoms with Crippen LogP contribution in [0.15, 0.2) is 42.7 Å². The zero-order valence-corrected chi connectivity index (χ0v) is 14.5. The van der Waals surface area contributed by atoms with E-state index in [2.05, 4.69) is 4.98 Å². The molecule has 0 saturated heterocycles. The van der Waals surface area contributed by atoms with Crippen LogP contribution in [0.5, 0.6) is 11.5 Å². The van der Waals surface area contributed by atoms with E-state index in [0.29, 0.717) is 22.6 Å². The lowest BCUT2D eigenvalue weighted by atomic mass is 10.0. The lowest BCUT2D eigenvalue weighted by molar-refractivity contribution is 0.0915. The highest BCUT2D eigenvalue weighted by Crippen LogP contribution is 2.26. The van der Waals surface area contributed by atoms with E-state index in [0.717, 1.165) is 0 Å². The fraction of sp³-hybridized carbons (Fsp3) is 0.316. The quantitative estimate of drug-likeness (QED) is 0.719. The van der Waals surface area contributed by atoms with Crippen LogP contribution in [0.1, 0.15) is 47.4 Å². The van der Waals surface area contributed by atoms with Crippen LogP contribution in [0.2, 0.25) is 0 Å². The molecule has 0 atom stereocenters. The number of hydrogen-bond donors (Lipinski definition) is 0. The third-order valence-electron chi connectivity index (χ3n) is 3.27. The van der Waals surface area contributed by atoms with Gasteiger partial charge in [-0.2, -0.15) is 0 Å². The van der Waals surface area contributed by atoms with Gasteiger partial charge in [-0.15, -0.1) is 0 Å². The SMILES string of the molecule is CC.COc1ccc(C(=O)CCC(=O)c2cccnc2)c(OC)c1. The first-order valence-corrected chi connectivity index (χ1v) is 7.84. The molecule has 0 aliphatic heterocycles. The standard InChI is InChI=1S/C17H17NO4.C2H6/c1-21-13-5-6-14(17(10-13)22-2)16(20)8-7-15(19)12-4-3-9-18-11-12;1-2/h3-6,9-11H,7-8H2,1-2H3;1-2H3. The maximum Gasteiger partial charge on any atom is 0.167 e. The first kappa shape index (κ1) is 19.4. The number of pyridine rings is 1. The number of benzene rings is 1. The summed E-state index contributed by atoms with van der Waals surface area (Å²) in [7, 11) is 3.04. The highest BCUT2D eigenvalue weighted by molar-refractivity contribution is 6.03. The maximum absolute atomic E-state index is 12.3. The molecule has 1 aromatic carbocycles. The number of Topliss-reactive ketones (excluding diaryl/α,β-unsaturated/α-hetero) is 2.